The Bertz CT molecular complexity index is 470. The van der Waals surface area contributed by atoms with Crippen LogP contribution < -0.4 is 10.1 Å². The Morgan fingerprint density at radius 3 is 2.61 bits per heavy atom. The quantitative estimate of drug-likeness (QED) is 0.741. The van der Waals surface area contributed by atoms with Crippen LogP contribution in [-0.4, -0.2) is 49.8 Å². The highest BCUT2D eigenvalue weighted by Gasteiger charge is 2.22. The van der Waals surface area contributed by atoms with E-state index in [4.69, 9.17) is 4.74 Å². The normalized spacial score (nSPS) is 15.7. The maximum atomic E-state index is 12.3. The summed E-state index contributed by atoms with van der Waals surface area (Å²) < 4.78 is 5.15. The SMILES string of the molecule is CCNCC1CCN(C(=O)CCSc2ccc(OC)cc2)CC1. The largest absolute Gasteiger partial charge is 0.497 e. The number of nitrogens with one attached hydrogen (secondary N) is 1. The molecule has 0 bridgehead atoms. The summed E-state index contributed by atoms with van der Waals surface area (Å²) in [6, 6.07) is 8.00. The number of hydrogen-bond donors (Lipinski definition) is 1. The van der Waals surface area contributed by atoms with Crippen LogP contribution in [0.1, 0.15) is 26.2 Å². The molecule has 128 valence electrons. The van der Waals surface area contributed by atoms with Crippen LogP contribution >= 0.6 is 11.8 Å². The van der Waals surface area contributed by atoms with Crippen LogP contribution in [0.3, 0.4) is 0 Å². The van der Waals surface area contributed by atoms with Crippen LogP contribution in [0.4, 0.5) is 0 Å². The van der Waals surface area contributed by atoms with Crippen molar-refractivity contribution in [3.8, 4) is 5.75 Å². The number of carbonyl (C=O) groups is 1. The summed E-state index contributed by atoms with van der Waals surface area (Å²) in [5.74, 6) is 2.73. The van der Waals surface area contributed by atoms with Crippen molar-refractivity contribution >= 4 is 17.7 Å². The van der Waals surface area contributed by atoms with Gasteiger partial charge in [0.25, 0.3) is 0 Å². The minimum absolute atomic E-state index is 0.299. The monoisotopic (exact) mass is 336 g/mol. The lowest BCUT2D eigenvalue weighted by Crippen LogP contribution is -2.40. The second-order valence-electron chi connectivity index (χ2n) is 5.91. The molecule has 0 unspecified atom stereocenters. The predicted molar refractivity (Wildman–Crippen MR) is 96.2 cm³/mol. The van der Waals surface area contributed by atoms with E-state index in [1.165, 1.54) is 4.90 Å². The van der Waals surface area contributed by atoms with Gasteiger partial charge in [0.15, 0.2) is 0 Å². The highest BCUT2D eigenvalue weighted by Crippen LogP contribution is 2.23. The Labute approximate surface area is 144 Å². The maximum Gasteiger partial charge on any atom is 0.223 e. The Morgan fingerprint density at radius 2 is 2.00 bits per heavy atom. The van der Waals surface area contributed by atoms with E-state index in [1.807, 2.05) is 29.2 Å². The van der Waals surface area contributed by atoms with Crippen molar-refractivity contribution in [2.75, 3.05) is 39.0 Å². The molecular weight excluding hydrogens is 308 g/mol. The third-order valence-electron chi connectivity index (χ3n) is 4.29. The lowest BCUT2D eigenvalue weighted by Gasteiger charge is -2.32. The summed E-state index contributed by atoms with van der Waals surface area (Å²) in [6.07, 6.45) is 2.88. The van der Waals surface area contributed by atoms with Gasteiger partial charge in [0.2, 0.25) is 5.91 Å². The smallest absolute Gasteiger partial charge is 0.223 e. The van der Waals surface area contributed by atoms with Crippen LogP contribution in [0.5, 0.6) is 5.75 Å². The third kappa shape index (κ3) is 6.07. The van der Waals surface area contributed by atoms with Crippen molar-refractivity contribution < 1.29 is 9.53 Å². The molecule has 1 aromatic rings. The summed E-state index contributed by atoms with van der Waals surface area (Å²) in [5, 5.41) is 3.41. The molecule has 0 saturated carbocycles. The summed E-state index contributed by atoms with van der Waals surface area (Å²) in [7, 11) is 1.67. The number of benzene rings is 1. The molecule has 23 heavy (non-hydrogen) atoms. The molecule has 0 spiro atoms. The van der Waals surface area contributed by atoms with E-state index < -0.39 is 0 Å². The fourth-order valence-corrected chi connectivity index (χ4v) is 3.66. The molecule has 2 rings (SSSR count). The number of hydrogen-bond acceptors (Lipinski definition) is 4. The minimum Gasteiger partial charge on any atom is -0.497 e. The van der Waals surface area contributed by atoms with Crippen molar-refractivity contribution in [2.45, 2.75) is 31.1 Å². The van der Waals surface area contributed by atoms with E-state index in [2.05, 4.69) is 12.2 Å². The Balaban J connectivity index is 1.65. The summed E-state index contributed by atoms with van der Waals surface area (Å²) >= 11 is 1.73. The molecule has 0 aliphatic carbocycles. The zero-order valence-corrected chi connectivity index (χ0v) is 15.0. The topological polar surface area (TPSA) is 41.6 Å². The van der Waals surface area contributed by atoms with Gasteiger partial charge in [-0.15, -0.1) is 11.8 Å². The first-order valence-corrected chi connectivity index (χ1v) is 9.46. The summed E-state index contributed by atoms with van der Waals surface area (Å²) in [6.45, 7) is 6.09. The number of thioether (sulfide) groups is 1. The fourth-order valence-electron chi connectivity index (χ4n) is 2.82. The molecule has 4 nitrogen and oxygen atoms in total. The number of amides is 1. The van der Waals surface area contributed by atoms with Crippen LogP contribution in [0, 0.1) is 5.92 Å². The molecular formula is C18H28N2O2S. The van der Waals surface area contributed by atoms with Gasteiger partial charge in [0.05, 0.1) is 7.11 Å². The first kappa shape index (κ1) is 18.1. The van der Waals surface area contributed by atoms with E-state index >= 15 is 0 Å². The van der Waals surface area contributed by atoms with Crippen molar-refractivity contribution in [3.05, 3.63) is 24.3 Å². The van der Waals surface area contributed by atoms with Gasteiger partial charge in [-0.1, -0.05) is 6.92 Å². The van der Waals surface area contributed by atoms with E-state index in [0.29, 0.717) is 12.3 Å². The summed E-state index contributed by atoms with van der Waals surface area (Å²) in [5.41, 5.74) is 0. The standard InChI is InChI=1S/C18H28N2O2S/c1-3-19-14-15-8-11-20(12-9-15)18(21)10-13-23-17-6-4-16(22-2)5-7-17/h4-7,15,19H,3,8-14H2,1-2H3. The number of methoxy groups -OCH3 is 1. The van der Waals surface area contributed by atoms with Gasteiger partial charge in [-0.05, 0) is 56.1 Å². The molecule has 1 aliphatic heterocycles. The van der Waals surface area contributed by atoms with Gasteiger partial charge in [-0.25, -0.2) is 0 Å². The van der Waals surface area contributed by atoms with Gasteiger partial charge >= 0.3 is 0 Å². The van der Waals surface area contributed by atoms with Gasteiger partial charge in [0, 0.05) is 30.2 Å². The van der Waals surface area contributed by atoms with E-state index in [0.717, 1.165) is 56.4 Å². The van der Waals surface area contributed by atoms with Crippen LogP contribution in [0.15, 0.2) is 29.2 Å². The zero-order chi connectivity index (χ0) is 16.5. The van der Waals surface area contributed by atoms with Crippen molar-refractivity contribution in [3.63, 3.8) is 0 Å². The van der Waals surface area contributed by atoms with Gasteiger partial charge in [-0.3, -0.25) is 4.79 Å². The Kier molecular flexibility index (Phi) is 7.76. The van der Waals surface area contributed by atoms with Crippen molar-refractivity contribution in [2.24, 2.45) is 5.92 Å². The highest BCUT2D eigenvalue weighted by atomic mass is 32.2. The number of ether oxygens (including phenoxy) is 1. The second-order valence-corrected chi connectivity index (χ2v) is 7.07. The molecule has 1 amide bonds. The minimum atomic E-state index is 0.299. The Morgan fingerprint density at radius 1 is 1.30 bits per heavy atom. The molecule has 1 aromatic carbocycles. The highest BCUT2D eigenvalue weighted by molar-refractivity contribution is 7.99. The number of nitrogens with zero attached hydrogens (tertiary/aromatic N) is 1. The first-order chi connectivity index (χ1) is 11.2. The zero-order valence-electron chi connectivity index (χ0n) is 14.2. The molecule has 1 saturated heterocycles. The molecule has 0 aromatic heterocycles. The van der Waals surface area contributed by atoms with E-state index in [9.17, 15) is 4.79 Å². The molecule has 1 N–H and O–H groups in total. The average Bonchev–Trinajstić information content (AvgIpc) is 2.61. The van der Waals surface area contributed by atoms with Crippen molar-refractivity contribution in [1.29, 1.82) is 0 Å². The number of rotatable bonds is 8. The molecule has 1 aliphatic rings. The average molecular weight is 337 g/mol. The fraction of sp³-hybridized carbons (Fsp3) is 0.611. The number of carbonyl (C=O) groups excluding carboxylic acids is 1. The van der Waals surface area contributed by atoms with Crippen LogP contribution in [0.25, 0.3) is 0 Å². The molecule has 0 radical (unpaired) electrons. The molecule has 1 fully saturated rings. The number of likely N-dealkylation sites (tertiary alicyclic amines) is 1. The van der Waals surface area contributed by atoms with Gasteiger partial charge < -0.3 is 15.0 Å². The molecule has 0 atom stereocenters. The summed E-state index contributed by atoms with van der Waals surface area (Å²) in [4.78, 5) is 15.5. The maximum absolute atomic E-state index is 12.3. The first-order valence-electron chi connectivity index (χ1n) is 8.48. The predicted octanol–water partition coefficient (Wildman–Crippen LogP) is 3.03. The Hall–Kier alpha value is -1.20. The van der Waals surface area contributed by atoms with Crippen LogP contribution in [0.2, 0.25) is 0 Å². The molecule has 1 heterocycles. The van der Waals surface area contributed by atoms with Crippen LogP contribution in [-0.2, 0) is 4.79 Å². The number of piperidine rings is 1. The lowest BCUT2D eigenvalue weighted by molar-refractivity contribution is -0.132. The molecule has 5 heteroatoms. The van der Waals surface area contributed by atoms with E-state index in [-0.39, 0.29) is 0 Å². The van der Waals surface area contributed by atoms with Crippen molar-refractivity contribution in [1.82, 2.24) is 10.2 Å². The third-order valence-corrected chi connectivity index (χ3v) is 5.31. The lowest BCUT2D eigenvalue weighted by atomic mass is 9.96. The second kappa shape index (κ2) is 9.83. The van der Waals surface area contributed by atoms with Gasteiger partial charge in [-0.2, -0.15) is 0 Å². The van der Waals surface area contributed by atoms with Gasteiger partial charge in [0.1, 0.15) is 5.75 Å². The van der Waals surface area contributed by atoms with E-state index in [1.54, 1.807) is 18.9 Å².